The number of rotatable bonds is 3. The van der Waals surface area contributed by atoms with Gasteiger partial charge in [0.1, 0.15) is 6.04 Å². The van der Waals surface area contributed by atoms with Gasteiger partial charge in [0, 0.05) is 19.4 Å². The Balaban J connectivity index is 2.85. The summed E-state index contributed by atoms with van der Waals surface area (Å²) in [5, 5.41) is 5.50. The van der Waals surface area contributed by atoms with Crippen molar-refractivity contribution in [3.05, 3.63) is 30.1 Å². The summed E-state index contributed by atoms with van der Waals surface area (Å²) in [6.07, 6.45) is 3.36. The molecule has 2 N–H and O–H groups in total. The van der Waals surface area contributed by atoms with Crippen LogP contribution < -0.4 is 10.6 Å². The Hall–Kier alpha value is -1.42. The van der Waals surface area contributed by atoms with Crippen molar-refractivity contribution >= 4 is 5.91 Å². The van der Waals surface area contributed by atoms with Gasteiger partial charge >= 0.3 is 0 Å². The van der Waals surface area contributed by atoms with E-state index in [1.54, 1.807) is 26.5 Å². The summed E-state index contributed by atoms with van der Waals surface area (Å²) in [6, 6.07) is 3.35. The van der Waals surface area contributed by atoms with E-state index in [0.717, 1.165) is 5.56 Å². The number of carbonyl (C=O) groups excluding carboxylic acids is 1. The van der Waals surface area contributed by atoms with Crippen molar-refractivity contribution in [2.75, 3.05) is 14.1 Å². The summed E-state index contributed by atoms with van der Waals surface area (Å²) < 4.78 is 0. The number of nitrogens with zero attached hydrogens (tertiary/aromatic N) is 1. The summed E-state index contributed by atoms with van der Waals surface area (Å²) in [5.41, 5.74) is 0.865. The highest BCUT2D eigenvalue weighted by molar-refractivity contribution is 5.82. The SMILES string of the molecule is CNC(=O)C(NC)c1cccnc1. The Labute approximate surface area is 77.4 Å². The van der Waals surface area contributed by atoms with Gasteiger partial charge in [-0.3, -0.25) is 9.78 Å². The lowest BCUT2D eigenvalue weighted by Crippen LogP contribution is -2.33. The van der Waals surface area contributed by atoms with Crippen LogP contribution in [0.25, 0.3) is 0 Å². The van der Waals surface area contributed by atoms with Crippen LogP contribution in [-0.4, -0.2) is 25.0 Å². The quantitative estimate of drug-likeness (QED) is 0.691. The number of amides is 1. The average molecular weight is 179 g/mol. The van der Waals surface area contributed by atoms with Crippen LogP contribution >= 0.6 is 0 Å². The normalized spacial score (nSPS) is 12.2. The van der Waals surface area contributed by atoms with Gasteiger partial charge in [0.05, 0.1) is 0 Å². The zero-order chi connectivity index (χ0) is 9.68. The molecule has 0 aliphatic heterocycles. The summed E-state index contributed by atoms with van der Waals surface area (Å²) in [7, 11) is 3.36. The number of aromatic nitrogens is 1. The first-order chi connectivity index (χ1) is 6.29. The minimum atomic E-state index is -0.321. The lowest BCUT2D eigenvalue weighted by Gasteiger charge is -2.13. The predicted octanol–water partition coefficient (Wildman–Crippen LogP) is 0.0881. The number of hydrogen-bond donors (Lipinski definition) is 2. The highest BCUT2D eigenvalue weighted by Crippen LogP contribution is 2.09. The summed E-state index contributed by atoms with van der Waals surface area (Å²) in [4.78, 5) is 15.3. The van der Waals surface area contributed by atoms with E-state index in [9.17, 15) is 4.79 Å². The second-order valence-corrected chi connectivity index (χ2v) is 2.62. The van der Waals surface area contributed by atoms with E-state index in [1.807, 2.05) is 12.1 Å². The third-order valence-electron chi connectivity index (χ3n) is 1.82. The molecule has 0 aromatic carbocycles. The topological polar surface area (TPSA) is 54.0 Å². The van der Waals surface area contributed by atoms with Gasteiger partial charge in [0.2, 0.25) is 5.91 Å². The number of pyridine rings is 1. The Morgan fingerprint density at radius 1 is 1.54 bits per heavy atom. The van der Waals surface area contributed by atoms with E-state index in [1.165, 1.54) is 0 Å². The third-order valence-corrected chi connectivity index (χ3v) is 1.82. The monoisotopic (exact) mass is 179 g/mol. The summed E-state index contributed by atoms with van der Waals surface area (Å²) >= 11 is 0. The molecule has 0 fully saturated rings. The Kier molecular flexibility index (Phi) is 3.40. The van der Waals surface area contributed by atoms with Gasteiger partial charge in [-0.05, 0) is 18.7 Å². The molecular weight excluding hydrogens is 166 g/mol. The number of nitrogens with one attached hydrogen (secondary N) is 2. The fraction of sp³-hybridized carbons (Fsp3) is 0.333. The second-order valence-electron chi connectivity index (χ2n) is 2.62. The van der Waals surface area contributed by atoms with E-state index < -0.39 is 0 Å². The molecule has 0 saturated heterocycles. The van der Waals surface area contributed by atoms with Crippen LogP contribution in [-0.2, 0) is 4.79 Å². The molecule has 4 nitrogen and oxygen atoms in total. The molecule has 0 aliphatic carbocycles. The van der Waals surface area contributed by atoms with Crippen molar-refractivity contribution in [3.8, 4) is 0 Å². The van der Waals surface area contributed by atoms with E-state index >= 15 is 0 Å². The van der Waals surface area contributed by atoms with E-state index in [2.05, 4.69) is 15.6 Å². The molecule has 0 radical (unpaired) electrons. The van der Waals surface area contributed by atoms with Gasteiger partial charge < -0.3 is 10.6 Å². The minimum absolute atomic E-state index is 0.0597. The van der Waals surface area contributed by atoms with Crippen LogP contribution in [0, 0.1) is 0 Å². The summed E-state index contributed by atoms with van der Waals surface area (Å²) in [6.45, 7) is 0. The zero-order valence-electron chi connectivity index (χ0n) is 7.74. The van der Waals surface area contributed by atoms with Crippen molar-refractivity contribution < 1.29 is 4.79 Å². The maximum Gasteiger partial charge on any atom is 0.241 e. The van der Waals surface area contributed by atoms with E-state index in [0.29, 0.717) is 0 Å². The number of carbonyl (C=O) groups is 1. The van der Waals surface area contributed by atoms with Crippen molar-refractivity contribution in [2.45, 2.75) is 6.04 Å². The molecule has 4 heteroatoms. The Morgan fingerprint density at radius 3 is 2.77 bits per heavy atom. The fourth-order valence-electron chi connectivity index (χ4n) is 1.14. The van der Waals surface area contributed by atoms with Crippen LogP contribution in [0.4, 0.5) is 0 Å². The largest absolute Gasteiger partial charge is 0.358 e. The van der Waals surface area contributed by atoms with Crippen molar-refractivity contribution in [2.24, 2.45) is 0 Å². The van der Waals surface area contributed by atoms with Gasteiger partial charge in [0.15, 0.2) is 0 Å². The molecule has 0 spiro atoms. The van der Waals surface area contributed by atoms with E-state index in [4.69, 9.17) is 0 Å². The van der Waals surface area contributed by atoms with Gasteiger partial charge in [-0.15, -0.1) is 0 Å². The highest BCUT2D eigenvalue weighted by atomic mass is 16.2. The molecular formula is C9H13N3O. The Morgan fingerprint density at radius 2 is 2.31 bits per heavy atom. The highest BCUT2D eigenvalue weighted by Gasteiger charge is 2.16. The lowest BCUT2D eigenvalue weighted by atomic mass is 10.1. The van der Waals surface area contributed by atoms with Gasteiger partial charge in [-0.25, -0.2) is 0 Å². The number of hydrogen-bond acceptors (Lipinski definition) is 3. The molecule has 1 amide bonds. The molecule has 70 valence electrons. The molecule has 1 unspecified atom stereocenters. The molecule has 1 heterocycles. The first kappa shape index (κ1) is 9.67. The fourth-order valence-corrected chi connectivity index (χ4v) is 1.14. The van der Waals surface area contributed by atoms with E-state index in [-0.39, 0.29) is 11.9 Å². The first-order valence-electron chi connectivity index (χ1n) is 4.08. The first-order valence-corrected chi connectivity index (χ1v) is 4.08. The predicted molar refractivity (Wildman–Crippen MR) is 50.1 cm³/mol. The minimum Gasteiger partial charge on any atom is -0.358 e. The average Bonchev–Trinajstić information content (AvgIpc) is 2.20. The third kappa shape index (κ3) is 2.26. The molecule has 13 heavy (non-hydrogen) atoms. The van der Waals surface area contributed by atoms with Crippen LogP contribution in [0.3, 0.4) is 0 Å². The molecule has 1 rings (SSSR count). The lowest BCUT2D eigenvalue weighted by molar-refractivity contribution is -0.122. The zero-order valence-corrected chi connectivity index (χ0v) is 7.74. The molecule has 1 aromatic heterocycles. The van der Waals surface area contributed by atoms with Crippen molar-refractivity contribution in [1.29, 1.82) is 0 Å². The molecule has 0 bridgehead atoms. The Bertz CT molecular complexity index is 273. The van der Waals surface area contributed by atoms with Crippen molar-refractivity contribution in [3.63, 3.8) is 0 Å². The maximum absolute atomic E-state index is 11.3. The van der Waals surface area contributed by atoms with Gasteiger partial charge in [0.25, 0.3) is 0 Å². The summed E-state index contributed by atoms with van der Waals surface area (Å²) in [5.74, 6) is -0.0597. The van der Waals surface area contributed by atoms with Crippen LogP contribution in [0.5, 0.6) is 0 Å². The standard InChI is InChI=1S/C9H13N3O/c1-10-8(9(13)11-2)7-4-3-5-12-6-7/h3-6,8,10H,1-2H3,(H,11,13). The molecule has 0 aliphatic rings. The smallest absolute Gasteiger partial charge is 0.241 e. The van der Waals surface area contributed by atoms with Crippen LogP contribution in [0.2, 0.25) is 0 Å². The van der Waals surface area contributed by atoms with Crippen LogP contribution in [0.15, 0.2) is 24.5 Å². The van der Waals surface area contributed by atoms with Crippen molar-refractivity contribution in [1.82, 2.24) is 15.6 Å². The number of likely N-dealkylation sites (N-methyl/N-ethyl adjacent to an activating group) is 2. The second kappa shape index (κ2) is 4.57. The maximum atomic E-state index is 11.3. The molecule has 0 saturated carbocycles. The van der Waals surface area contributed by atoms with Gasteiger partial charge in [-0.1, -0.05) is 6.07 Å². The van der Waals surface area contributed by atoms with Crippen LogP contribution in [0.1, 0.15) is 11.6 Å². The molecule has 1 aromatic rings. The van der Waals surface area contributed by atoms with Gasteiger partial charge in [-0.2, -0.15) is 0 Å². The molecule has 1 atom stereocenters.